The van der Waals surface area contributed by atoms with Gasteiger partial charge in [-0.3, -0.25) is 9.59 Å². The van der Waals surface area contributed by atoms with Crippen molar-refractivity contribution in [3.63, 3.8) is 0 Å². The second-order valence-corrected chi connectivity index (χ2v) is 6.31. The molecule has 2 aromatic rings. The van der Waals surface area contributed by atoms with Crippen LogP contribution in [0.4, 0.5) is 5.69 Å². The lowest BCUT2D eigenvalue weighted by Crippen LogP contribution is -2.30. The van der Waals surface area contributed by atoms with E-state index in [0.717, 1.165) is 5.56 Å². The number of ether oxygens (including phenoxy) is 2. The number of aryl methyl sites for hydroxylation is 1. The van der Waals surface area contributed by atoms with Gasteiger partial charge in [-0.25, -0.2) is 0 Å². The minimum absolute atomic E-state index is 0.231. The van der Waals surface area contributed by atoms with Crippen LogP contribution in [-0.4, -0.2) is 25.1 Å². The Hall–Kier alpha value is -2.05. The summed E-state index contributed by atoms with van der Waals surface area (Å²) in [6.45, 7) is 1.52. The second kappa shape index (κ2) is 8.70. The maximum absolute atomic E-state index is 12.2. The van der Waals surface area contributed by atoms with Crippen LogP contribution in [0.2, 0.25) is 5.02 Å². The van der Waals surface area contributed by atoms with Gasteiger partial charge >= 0.3 is 5.97 Å². The number of methoxy groups -OCH3 is 1. The van der Waals surface area contributed by atoms with Crippen LogP contribution in [0.3, 0.4) is 0 Å². The summed E-state index contributed by atoms with van der Waals surface area (Å²) >= 11 is 7.50. The Kier molecular flexibility index (Phi) is 6.63. The fourth-order valence-corrected chi connectivity index (χ4v) is 2.88. The van der Waals surface area contributed by atoms with Gasteiger partial charge in [-0.1, -0.05) is 11.6 Å². The van der Waals surface area contributed by atoms with Gasteiger partial charge in [0.15, 0.2) is 6.10 Å². The second-order valence-electron chi connectivity index (χ2n) is 5.10. The van der Waals surface area contributed by atoms with E-state index in [1.54, 1.807) is 29.5 Å². The SMILES string of the molecule is COc1ccc(Cl)cc1NC(=O)[C@@H](C)OC(=O)CCc1ccsc1. The van der Waals surface area contributed by atoms with Crippen molar-refractivity contribution in [2.75, 3.05) is 12.4 Å². The summed E-state index contributed by atoms with van der Waals surface area (Å²) in [5, 5.41) is 7.05. The molecule has 0 saturated carbocycles. The van der Waals surface area contributed by atoms with Crippen molar-refractivity contribution in [2.24, 2.45) is 0 Å². The average Bonchev–Trinajstić information content (AvgIpc) is 3.06. The number of benzene rings is 1. The van der Waals surface area contributed by atoms with E-state index >= 15 is 0 Å². The van der Waals surface area contributed by atoms with Crippen LogP contribution in [-0.2, 0) is 20.7 Å². The van der Waals surface area contributed by atoms with Crippen LogP contribution in [0.1, 0.15) is 18.9 Å². The molecule has 0 aliphatic heterocycles. The number of rotatable bonds is 7. The molecule has 1 heterocycles. The molecule has 24 heavy (non-hydrogen) atoms. The van der Waals surface area contributed by atoms with Gasteiger partial charge in [0.25, 0.3) is 5.91 Å². The summed E-state index contributed by atoms with van der Waals surface area (Å²) in [5.74, 6) is -0.384. The third-order valence-corrected chi connectivity index (χ3v) is 4.26. The zero-order chi connectivity index (χ0) is 17.5. The monoisotopic (exact) mass is 367 g/mol. The first-order chi connectivity index (χ1) is 11.5. The lowest BCUT2D eigenvalue weighted by atomic mass is 10.2. The van der Waals surface area contributed by atoms with E-state index in [-0.39, 0.29) is 6.42 Å². The molecule has 0 radical (unpaired) electrons. The Balaban J connectivity index is 1.87. The van der Waals surface area contributed by atoms with E-state index in [9.17, 15) is 9.59 Å². The standard InChI is InChI=1S/C17H18ClNO4S/c1-11(23-16(20)6-3-12-7-8-24-10-12)17(21)19-14-9-13(18)4-5-15(14)22-2/h4-5,7-11H,3,6H2,1-2H3,(H,19,21)/t11-/m1/s1. The Labute approximate surface area is 149 Å². The van der Waals surface area contributed by atoms with Gasteiger partial charge in [0.2, 0.25) is 0 Å². The molecular formula is C17H18ClNO4S. The van der Waals surface area contributed by atoms with E-state index < -0.39 is 18.0 Å². The van der Waals surface area contributed by atoms with Crippen molar-refractivity contribution in [3.8, 4) is 5.75 Å². The minimum Gasteiger partial charge on any atom is -0.495 e. The van der Waals surface area contributed by atoms with Crippen LogP contribution in [0.15, 0.2) is 35.0 Å². The number of thiophene rings is 1. The number of hydrogen-bond acceptors (Lipinski definition) is 5. The molecular weight excluding hydrogens is 350 g/mol. The Bertz CT molecular complexity index is 703. The number of amides is 1. The largest absolute Gasteiger partial charge is 0.495 e. The molecule has 1 N–H and O–H groups in total. The first-order valence-electron chi connectivity index (χ1n) is 7.34. The zero-order valence-corrected chi connectivity index (χ0v) is 14.9. The number of anilines is 1. The van der Waals surface area contributed by atoms with E-state index in [1.165, 1.54) is 14.0 Å². The number of halogens is 1. The normalized spacial score (nSPS) is 11.6. The highest BCUT2D eigenvalue weighted by Gasteiger charge is 2.19. The summed E-state index contributed by atoms with van der Waals surface area (Å²) in [4.78, 5) is 24.0. The molecule has 0 fully saturated rings. The third-order valence-electron chi connectivity index (χ3n) is 3.29. The highest BCUT2D eigenvalue weighted by atomic mass is 35.5. The fourth-order valence-electron chi connectivity index (χ4n) is 2.00. The molecule has 1 amide bonds. The van der Waals surface area contributed by atoms with Gasteiger partial charge in [0, 0.05) is 11.4 Å². The minimum atomic E-state index is -0.913. The van der Waals surface area contributed by atoms with E-state index in [2.05, 4.69) is 5.32 Å². The molecule has 7 heteroatoms. The van der Waals surface area contributed by atoms with Crippen molar-refractivity contribution >= 4 is 40.5 Å². The first kappa shape index (κ1) is 18.3. The number of hydrogen-bond donors (Lipinski definition) is 1. The highest BCUT2D eigenvalue weighted by Crippen LogP contribution is 2.27. The summed E-state index contributed by atoms with van der Waals surface area (Å²) in [7, 11) is 1.49. The first-order valence-corrected chi connectivity index (χ1v) is 8.66. The number of carbonyl (C=O) groups excluding carboxylic acids is 2. The number of nitrogens with one attached hydrogen (secondary N) is 1. The van der Waals surface area contributed by atoms with E-state index in [4.69, 9.17) is 21.1 Å². The van der Waals surface area contributed by atoms with Crippen LogP contribution in [0, 0.1) is 0 Å². The molecule has 0 unspecified atom stereocenters. The summed E-state index contributed by atoms with van der Waals surface area (Å²) < 4.78 is 10.3. The maximum atomic E-state index is 12.2. The van der Waals surface area contributed by atoms with Crippen LogP contribution in [0.5, 0.6) is 5.75 Å². The van der Waals surface area contributed by atoms with Gasteiger partial charge in [-0.2, -0.15) is 11.3 Å². The fraction of sp³-hybridized carbons (Fsp3) is 0.294. The average molecular weight is 368 g/mol. The van der Waals surface area contributed by atoms with Gasteiger partial charge in [-0.05, 0) is 53.9 Å². The van der Waals surface area contributed by atoms with Crippen molar-refractivity contribution in [1.29, 1.82) is 0 Å². The molecule has 2 rings (SSSR count). The van der Waals surface area contributed by atoms with Gasteiger partial charge in [-0.15, -0.1) is 0 Å². The molecule has 0 bridgehead atoms. The van der Waals surface area contributed by atoms with E-state index in [0.29, 0.717) is 22.9 Å². The molecule has 0 saturated heterocycles. The Morgan fingerprint density at radius 3 is 2.79 bits per heavy atom. The van der Waals surface area contributed by atoms with Crippen molar-refractivity contribution < 1.29 is 19.1 Å². The molecule has 0 aliphatic carbocycles. The smallest absolute Gasteiger partial charge is 0.306 e. The lowest BCUT2D eigenvalue weighted by molar-refractivity contribution is -0.153. The molecule has 0 aliphatic rings. The molecule has 1 aromatic heterocycles. The molecule has 128 valence electrons. The van der Waals surface area contributed by atoms with Crippen LogP contribution in [0.25, 0.3) is 0 Å². The van der Waals surface area contributed by atoms with Crippen LogP contribution >= 0.6 is 22.9 Å². The molecule has 1 atom stereocenters. The van der Waals surface area contributed by atoms with Gasteiger partial charge in [0.1, 0.15) is 5.75 Å². The summed E-state index contributed by atoms with van der Waals surface area (Å²) in [6.07, 6.45) is -0.0863. The summed E-state index contributed by atoms with van der Waals surface area (Å²) in [5.41, 5.74) is 1.51. The molecule has 0 spiro atoms. The quantitative estimate of drug-likeness (QED) is 0.753. The zero-order valence-electron chi connectivity index (χ0n) is 13.4. The van der Waals surface area contributed by atoms with Crippen LogP contribution < -0.4 is 10.1 Å². The summed E-state index contributed by atoms with van der Waals surface area (Å²) in [6, 6.07) is 6.84. The Morgan fingerprint density at radius 1 is 1.33 bits per heavy atom. The predicted octanol–water partition coefficient (Wildman–Crippen LogP) is 3.91. The van der Waals surface area contributed by atoms with Gasteiger partial charge < -0.3 is 14.8 Å². The molecule has 5 nitrogen and oxygen atoms in total. The van der Waals surface area contributed by atoms with Gasteiger partial charge in [0.05, 0.1) is 12.8 Å². The maximum Gasteiger partial charge on any atom is 0.306 e. The topological polar surface area (TPSA) is 64.6 Å². The molecule has 1 aromatic carbocycles. The third kappa shape index (κ3) is 5.25. The predicted molar refractivity (Wildman–Crippen MR) is 94.8 cm³/mol. The van der Waals surface area contributed by atoms with Crippen molar-refractivity contribution in [3.05, 3.63) is 45.6 Å². The number of carbonyl (C=O) groups is 2. The van der Waals surface area contributed by atoms with Crippen molar-refractivity contribution in [2.45, 2.75) is 25.9 Å². The van der Waals surface area contributed by atoms with Crippen molar-refractivity contribution in [1.82, 2.24) is 0 Å². The number of esters is 1. The lowest BCUT2D eigenvalue weighted by Gasteiger charge is -2.15. The van der Waals surface area contributed by atoms with E-state index in [1.807, 2.05) is 16.8 Å². The highest BCUT2D eigenvalue weighted by molar-refractivity contribution is 7.07. The Morgan fingerprint density at radius 2 is 2.12 bits per heavy atom.